The fourth-order valence-corrected chi connectivity index (χ4v) is 4.11. The number of hydrogen-bond acceptors (Lipinski definition) is 8. The molecule has 1 saturated heterocycles. The molecule has 4 rings (SSSR count). The summed E-state index contributed by atoms with van der Waals surface area (Å²) in [5.41, 5.74) is 0.579. The third-order valence-corrected chi connectivity index (χ3v) is 5.97. The van der Waals surface area contributed by atoms with Gasteiger partial charge in [0.25, 0.3) is 5.91 Å². The SMILES string of the molecule is CC(C)(C)OC(=O)Nc1ccc(-c2ccco2)cc1NC(=O)c1ccc(N2CCN(C(=O)OC(C)(C)C)CC2)nc1. The lowest BCUT2D eigenvalue weighted by Gasteiger charge is -2.36. The molecule has 3 aromatic rings. The average Bonchev–Trinajstić information content (AvgIpc) is 3.43. The second kappa shape index (κ2) is 11.9. The van der Waals surface area contributed by atoms with Gasteiger partial charge in [0.15, 0.2) is 0 Å². The first-order valence-corrected chi connectivity index (χ1v) is 13.5. The van der Waals surface area contributed by atoms with Gasteiger partial charge >= 0.3 is 12.2 Å². The largest absolute Gasteiger partial charge is 0.464 e. The number of nitrogens with zero attached hydrogens (tertiary/aromatic N) is 3. The summed E-state index contributed by atoms with van der Waals surface area (Å²) in [6.07, 6.45) is 2.10. The zero-order chi connectivity index (χ0) is 29.8. The Kier molecular flexibility index (Phi) is 8.55. The lowest BCUT2D eigenvalue weighted by molar-refractivity contribution is 0.0240. The second-order valence-corrected chi connectivity index (χ2v) is 11.7. The van der Waals surface area contributed by atoms with Crippen LogP contribution in [0.3, 0.4) is 0 Å². The molecule has 1 aromatic carbocycles. The zero-order valence-electron chi connectivity index (χ0n) is 24.3. The highest BCUT2D eigenvalue weighted by atomic mass is 16.6. The molecule has 1 fully saturated rings. The Balaban J connectivity index is 1.44. The van der Waals surface area contributed by atoms with E-state index in [1.165, 1.54) is 6.20 Å². The van der Waals surface area contributed by atoms with Crippen molar-refractivity contribution in [2.24, 2.45) is 0 Å². The molecule has 1 aliphatic rings. The van der Waals surface area contributed by atoms with Crippen LogP contribution in [0.5, 0.6) is 0 Å². The Hall–Kier alpha value is -4.54. The summed E-state index contributed by atoms with van der Waals surface area (Å²) in [5, 5.41) is 5.58. The third kappa shape index (κ3) is 8.23. The average molecular weight is 564 g/mol. The van der Waals surface area contributed by atoms with Gasteiger partial charge in [0.1, 0.15) is 22.8 Å². The maximum atomic E-state index is 13.2. The summed E-state index contributed by atoms with van der Waals surface area (Å²) in [6.45, 7) is 13.1. The van der Waals surface area contributed by atoms with Gasteiger partial charge in [-0.15, -0.1) is 0 Å². The molecule has 11 heteroatoms. The van der Waals surface area contributed by atoms with E-state index in [0.29, 0.717) is 54.7 Å². The Bertz CT molecular complexity index is 1370. The van der Waals surface area contributed by atoms with Crippen LogP contribution < -0.4 is 15.5 Å². The fraction of sp³-hybridized carbons (Fsp3) is 0.400. The van der Waals surface area contributed by atoms with Crippen LogP contribution >= 0.6 is 0 Å². The smallest absolute Gasteiger partial charge is 0.412 e. The van der Waals surface area contributed by atoms with Crippen molar-refractivity contribution in [3.8, 4) is 11.3 Å². The molecule has 218 valence electrons. The summed E-state index contributed by atoms with van der Waals surface area (Å²) >= 11 is 0. The molecular formula is C30H37N5O6. The quantitative estimate of drug-likeness (QED) is 0.387. The molecule has 0 unspecified atom stereocenters. The van der Waals surface area contributed by atoms with E-state index in [2.05, 4.69) is 20.5 Å². The van der Waals surface area contributed by atoms with Crippen molar-refractivity contribution in [3.63, 3.8) is 0 Å². The minimum atomic E-state index is -0.683. The topological polar surface area (TPSA) is 126 Å². The van der Waals surface area contributed by atoms with E-state index in [0.717, 1.165) is 5.56 Å². The van der Waals surface area contributed by atoms with Gasteiger partial charge in [0.2, 0.25) is 0 Å². The van der Waals surface area contributed by atoms with Crippen LogP contribution in [0.1, 0.15) is 51.9 Å². The van der Waals surface area contributed by atoms with E-state index in [1.807, 2.05) is 20.8 Å². The molecule has 2 N–H and O–H groups in total. The van der Waals surface area contributed by atoms with E-state index in [9.17, 15) is 14.4 Å². The Morgan fingerprint density at radius 3 is 2.15 bits per heavy atom. The van der Waals surface area contributed by atoms with Gasteiger partial charge in [-0.2, -0.15) is 0 Å². The van der Waals surface area contributed by atoms with Crippen molar-refractivity contribution < 1.29 is 28.3 Å². The lowest BCUT2D eigenvalue weighted by Crippen LogP contribution is -2.50. The fourth-order valence-electron chi connectivity index (χ4n) is 4.11. The van der Waals surface area contributed by atoms with Crippen molar-refractivity contribution in [1.82, 2.24) is 9.88 Å². The van der Waals surface area contributed by atoms with E-state index in [4.69, 9.17) is 13.9 Å². The summed E-state index contributed by atoms with van der Waals surface area (Å²) in [4.78, 5) is 46.2. The highest BCUT2D eigenvalue weighted by Gasteiger charge is 2.26. The molecule has 2 aromatic heterocycles. The number of hydrogen-bond donors (Lipinski definition) is 2. The van der Waals surface area contributed by atoms with Crippen molar-refractivity contribution in [2.75, 3.05) is 41.7 Å². The van der Waals surface area contributed by atoms with Crippen molar-refractivity contribution >= 4 is 35.3 Å². The van der Waals surface area contributed by atoms with Crippen LogP contribution in [0.25, 0.3) is 11.3 Å². The van der Waals surface area contributed by atoms with Gasteiger partial charge in [-0.25, -0.2) is 14.6 Å². The molecule has 41 heavy (non-hydrogen) atoms. The number of pyridine rings is 1. The number of carbonyl (C=O) groups is 3. The summed E-state index contributed by atoms with van der Waals surface area (Å²) in [6, 6.07) is 12.2. The number of ether oxygens (including phenoxy) is 2. The van der Waals surface area contributed by atoms with Crippen LogP contribution in [0, 0.1) is 0 Å². The van der Waals surface area contributed by atoms with E-state index in [-0.39, 0.29) is 6.09 Å². The van der Waals surface area contributed by atoms with E-state index in [1.54, 1.807) is 74.4 Å². The number of furan rings is 1. The Labute approximate surface area is 239 Å². The van der Waals surface area contributed by atoms with Crippen LogP contribution in [0.15, 0.2) is 59.3 Å². The van der Waals surface area contributed by atoms with E-state index < -0.39 is 23.2 Å². The van der Waals surface area contributed by atoms with Gasteiger partial charge in [-0.1, -0.05) is 0 Å². The normalized spacial score (nSPS) is 13.9. The number of anilines is 3. The predicted octanol–water partition coefficient (Wildman–Crippen LogP) is 6.00. The first kappa shape index (κ1) is 29.4. The first-order valence-electron chi connectivity index (χ1n) is 13.5. The molecule has 11 nitrogen and oxygen atoms in total. The van der Waals surface area contributed by atoms with Crippen LogP contribution in [0.4, 0.5) is 26.8 Å². The minimum absolute atomic E-state index is 0.325. The maximum absolute atomic E-state index is 13.2. The van der Waals surface area contributed by atoms with Gasteiger partial charge < -0.3 is 29.0 Å². The summed E-state index contributed by atoms with van der Waals surface area (Å²) in [5.74, 6) is 0.919. The highest BCUT2D eigenvalue weighted by Crippen LogP contribution is 2.30. The molecule has 1 aliphatic heterocycles. The molecule has 0 bridgehead atoms. The number of benzene rings is 1. The van der Waals surface area contributed by atoms with Crippen LogP contribution in [0.2, 0.25) is 0 Å². The standard InChI is InChI=1S/C30H37N5O6/c1-29(2,3)40-27(37)33-22-11-9-20(24-8-7-17-39-24)18-23(22)32-26(36)21-10-12-25(31-19-21)34-13-15-35(16-14-34)28(38)41-30(4,5)6/h7-12,17-19H,13-16H2,1-6H3,(H,32,36)(H,33,37). The zero-order valence-corrected chi connectivity index (χ0v) is 24.3. The highest BCUT2D eigenvalue weighted by molar-refractivity contribution is 6.07. The Morgan fingerprint density at radius 2 is 1.56 bits per heavy atom. The molecular weight excluding hydrogens is 526 g/mol. The first-order chi connectivity index (χ1) is 19.3. The molecule has 3 amide bonds. The second-order valence-electron chi connectivity index (χ2n) is 11.7. The van der Waals surface area contributed by atoms with Gasteiger partial charge in [-0.3, -0.25) is 10.1 Å². The molecule has 3 heterocycles. The minimum Gasteiger partial charge on any atom is -0.464 e. The van der Waals surface area contributed by atoms with Crippen molar-refractivity contribution in [2.45, 2.75) is 52.7 Å². The number of carbonyl (C=O) groups excluding carboxylic acids is 3. The molecule has 0 radical (unpaired) electrons. The molecule has 0 aliphatic carbocycles. The molecule has 0 spiro atoms. The van der Waals surface area contributed by atoms with Gasteiger partial charge in [0, 0.05) is 37.9 Å². The summed E-state index contributed by atoms with van der Waals surface area (Å²) < 4.78 is 16.3. The number of amides is 3. The number of piperazine rings is 1. The predicted molar refractivity (Wildman–Crippen MR) is 156 cm³/mol. The van der Waals surface area contributed by atoms with Crippen LogP contribution in [-0.2, 0) is 9.47 Å². The molecule has 0 saturated carbocycles. The number of nitrogens with one attached hydrogen (secondary N) is 2. The maximum Gasteiger partial charge on any atom is 0.412 e. The van der Waals surface area contributed by atoms with E-state index >= 15 is 0 Å². The van der Waals surface area contributed by atoms with Crippen LogP contribution in [-0.4, -0.2) is 65.4 Å². The van der Waals surface area contributed by atoms with Gasteiger partial charge in [0.05, 0.1) is 23.2 Å². The Morgan fingerprint density at radius 1 is 0.854 bits per heavy atom. The monoisotopic (exact) mass is 563 g/mol. The van der Waals surface area contributed by atoms with Crippen molar-refractivity contribution in [1.29, 1.82) is 0 Å². The third-order valence-electron chi connectivity index (χ3n) is 5.97. The van der Waals surface area contributed by atoms with Crippen molar-refractivity contribution in [3.05, 3.63) is 60.5 Å². The summed E-state index contributed by atoms with van der Waals surface area (Å²) in [7, 11) is 0. The number of rotatable bonds is 5. The lowest BCUT2D eigenvalue weighted by atomic mass is 10.1. The molecule has 0 atom stereocenters. The number of aromatic nitrogens is 1. The van der Waals surface area contributed by atoms with Gasteiger partial charge in [-0.05, 0) is 84.0 Å².